The van der Waals surface area contributed by atoms with Gasteiger partial charge in [0.1, 0.15) is 11.6 Å². The Morgan fingerprint density at radius 1 is 0.850 bits per heavy atom. The maximum atomic E-state index is 13.6. The fourth-order valence-electron chi connectivity index (χ4n) is 6.08. The molecule has 206 valence electrons. The molecule has 2 aromatic heterocycles. The molecule has 8 heteroatoms. The molecule has 0 bridgehead atoms. The summed E-state index contributed by atoms with van der Waals surface area (Å²) in [6.07, 6.45) is 0.858. The van der Waals surface area contributed by atoms with Gasteiger partial charge >= 0.3 is 0 Å². The van der Waals surface area contributed by atoms with Crippen LogP contribution in [-0.4, -0.2) is 68.8 Å². The van der Waals surface area contributed by atoms with Gasteiger partial charge in [0.2, 0.25) is 5.78 Å². The zero-order valence-corrected chi connectivity index (χ0v) is 23.5. The van der Waals surface area contributed by atoms with E-state index >= 15 is 0 Å². The standard InChI is InChI=1S/C32H36N6O2/c1-23-21-28-27(22-29(23)40-3)31(39)37(32-34-33-24(2)38(28)32)16-10-15-35-17-19-36(20-18-35)30(25-11-6-4-7-12-25)26-13-8-5-9-14-26/h4-9,11-14,21-22,30H,10,15-20H2,1-3H3. The second kappa shape index (κ2) is 11.2. The van der Waals surface area contributed by atoms with Gasteiger partial charge in [0, 0.05) is 32.7 Å². The van der Waals surface area contributed by atoms with Crippen molar-refractivity contribution in [3.8, 4) is 5.75 Å². The first-order chi connectivity index (χ1) is 19.5. The van der Waals surface area contributed by atoms with Crippen LogP contribution in [0.2, 0.25) is 0 Å². The zero-order valence-electron chi connectivity index (χ0n) is 23.5. The molecule has 0 atom stereocenters. The van der Waals surface area contributed by atoms with Crippen molar-refractivity contribution in [1.29, 1.82) is 0 Å². The van der Waals surface area contributed by atoms with E-state index in [1.165, 1.54) is 11.1 Å². The number of aryl methyl sites for hydroxylation is 3. The molecule has 3 aromatic carbocycles. The molecule has 1 aliphatic heterocycles. The third kappa shape index (κ3) is 4.89. The second-order valence-corrected chi connectivity index (χ2v) is 10.6. The number of rotatable bonds is 8. The first-order valence-electron chi connectivity index (χ1n) is 14.0. The summed E-state index contributed by atoms with van der Waals surface area (Å²) in [6.45, 7) is 9.41. The molecule has 40 heavy (non-hydrogen) atoms. The third-order valence-corrected chi connectivity index (χ3v) is 8.14. The number of hydrogen-bond acceptors (Lipinski definition) is 6. The molecule has 8 nitrogen and oxygen atoms in total. The van der Waals surface area contributed by atoms with Gasteiger partial charge < -0.3 is 9.64 Å². The fraction of sp³-hybridized carbons (Fsp3) is 0.344. The van der Waals surface area contributed by atoms with Crippen LogP contribution in [0.1, 0.15) is 35.0 Å². The quantitative estimate of drug-likeness (QED) is 0.292. The summed E-state index contributed by atoms with van der Waals surface area (Å²) in [5, 5.41) is 9.30. The number of fused-ring (bicyclic) bond motifs is 3. The number of piperazine rings is 1. The van der Waals surface area contributed by atoms with Crippen LogP contribution in [0.25, 0.3) is 16.7 Å². The van der Waals surface area contributed by atoms with E-state index in [0.717, 1.165) is 56.0 Å². The van der Waals surface area contributed by atoms with E-state index in [1.54, 1.807) is 11.7 Å². The Morgan fingerprint density at radius 2 is 1.50 bits per heavy atom. The molecule has 0 saturated carbocycles. The highest BCUT2D eigenvalue weighted by atomic mass is 16.5. The van der Waals surface area contributed by atoms with Crippen LogP contribution in [0.15, 0.2) is 77.6 Å². The van der Waals surface area contributed by atoms with Crippen molar-refractivity contribution in [2.45, 2.75) is 32.9 Å². The lowest BCUT2D eigenvalue weighted by Crippen LogP contribution is -2.48. The summed E-state index contributed by atoms with van der Waals surface area (Å²) in [4.78, 5) is 18.7. The highest BCUT2D eigenvalue weighted by Gasteiger charge is 2.26. The van der Waals surface area contributed by atoms with E-state index in [4.69, 9.17) is 4.74 Å². The van der Waals surface area contributed by atoms with Gasteiger partial charge in [-0.3, -0.25) is 18.7 Å². The lowest BCUT2D eigenvalue weighted by Gasteiger charge is -2.39. The Labute approximate surface area is 234 Å². The summed E-state index contributed by atoms with van der Waals surface area (Å²) in [5.41, 5.74) is 4.41. The van der Waals surface area contributed by atoms with Gasteiger partial charge in [-0.05, 0) is 55.6 Å². The van der Waals surface area contributed by atoms with Crippen molar-refractivity contribution >= 4 is 16.7 Å². The van der Waals surface area contributed by atoms with Crippen LogP contribution in [0.4, 0.5) is 0 Å². The van der Waals surface area contributed by atoms with Crippen molar-refractivity contribution in [1.82, 2.24) is 29.0 Å². The van der Waals surface area contributed by atoms with E-state index in [1.807, 2.05) is 30.4 Å². The normalized spacial score (nSPS) is 14.9. The van der Waals surface area contributed by atoms with Crippen molar-refractivity contribution < 1.29 is 4.74 Å². The smallest absolute Gasteiger partial charge is 0.262 e. The molecule has 0 N–H and O–H groups in total. The van der Waals surface area contributed by atoms with Gasteiger partial charge in [-0.2, -0.15) is 0 Å². The summed E-state index contributed by atoms with van der Waals surface area (Å²) in [6, 6.07) is 25.7. The highest BCUT2D eigenvalue weighted by Crippen LogP contribution is 2.29. The summed E-state index contributed by atoms with van der Waals surface area (Å²) in [7, 11) is 1.64. The zero-order chi connectivity index (χ0) is 27.6. The van der Waals surface area contributed by atoms with Crippen LogP contribution in [0, 0.1) is 13.8 Å². The van der Waals surface area contributed by atoms with Crippen LogP contribution in [0.3, 0.4) is 0 Å². The SMILES string of the molecule is COc1cc2c(=O)n(CCCN3CCN(C(c4ccccc4)c4ccccc4)CC3)c3nnc(C)n3c2cc1C. The molecule has 3 heterocycles. The third-order valence-electron chi connectivity index (χ3n) is 8.14. The lowest BCUT2D eigenvalue weighted by molar-refractivity contribution is 0.108. The fourth-order valence-corrected chi connectivity index (χ4v) is 6.08. The number of hydrogen-bond donors (Lipinski definition) is 0. The number of methoxy groups -OCH3 is 1. The minimum atomic E-state index is -0.0495. The van der Waals surface area contributed by atoms with Crippen molar-refractivity contribution in [3.05, 3.63) is 106 Å². The van der Waals surface area contributed by atoms with Crippen molar-refractivity contribution in [2.75, 3.05) is 39.8 Å². The topological polar surface area (TPSA) is 67.9 Å². The van der Waals surface area contributed by atoms with Crippen LogP contribution < -0.4 is 10.3 Å². The number of ether oxygens (including phenoxy) is 1. The van der Waals surface area contributed by atoms with Crippen LogP contribution in [0.5, 0.6) is 5.75 Å². The van der Waals surface area contributed by atoms with Gasteiger partial charge in [-0.25, -0.2) is 0 Å². The molecular formula is C32H36N6O2. The number of aromatic nitrogens is 4. The molecule has 0 spiro atoms. The molecular weight excluding hydrogens is 500 g/mol. The Balaban J connectivity index is 1.16. The van der Waals surface area contributed by atoms with Gasteiger partial charge in [0.25, 0.3) is 5.56 Å². The molecule has 5 aromatic rings. The molecule has 1 saturated heterocycles. The average molecular weight is 537 g/mol. The second-order valence-electron chi connectivity index (χ2n) is 10.6. The van der Waals surface area contributed by atoms with Gasteiger partial charge in [0.15, 0.2) is 0 Å². The monoisotopic (exact) mass is 536 g/mol. The summed E-state index contributed by atoms with van der Waals surface area (Å²) >= 11 is 0. The van der Waals surface area contributed by atoms with E-state index < -0.39 is 0 Å². The number of nitrogens with zero attached hydrogens (tertiary/aromatic N) is 6. The summed E-state index contributed by atoms with van der Waals surface area (Å²) < 4.78 is 9.27. The lowest BCUT2D eigenvalue weighted by atomic mass is 9.96. The number of benzene rings is 3. The Bertz CT molecular complexity index is 1630. The average Bonchev–Trinajstić information content (AvgIpc) is 3.37. The minimum Gasteiger partial charge on any atom is -0.496 e. The van der Waals surface area contributed by atoms with Gasteiger partial charge in [-0.15, -0.1) is 10.2 Å². The molecule has 0 radical (unpaired) electrons. The van der Waals surface area contributed by atoms with Crippen LogP contribution >= 0.6 is 0 Å². The van der Waals surface area contributed by atoms with E-state index in [2.05, 4.69) is 80.7 Å². The largest absolute Gasteiger partial charge is 0.496 e. The van der Waals surface area contributed by atoms with Gasteiger partial charge in [-0.1, -0.05) is 60.7 Å². The van der Waals surface area contributed by atoms with Crippen molar-refractivity contribution in [3.63, 3.8) is 0 Å². The van der Waals surface area contributed by atoms with Crippen LogP contribution in [-0.2, 0) is 6.54 Å². The van der Waals surface area contributed by atoms with E-state index in [-0.39, 0.29) is 11.6 Å². The highest BCUT2D eigenvalue weighted by molar-refractivity contribution is 5.83. The predicted octanol–water partition coefficient (Wildman–Crippen LogP) is 4.47. The maximum absolute atomic E-state index is 13.6. The van der Waals surface area contributed by atoms with Crippen molar-refractivity contribution in [2.24, 2.45) is 0 Å². The maximum Gasteiger partial charge on any atom is 0.262 e. The first kappa shape index (κ1) is 26.2. The molecule has 1 fully saturated rings. The first-order valence-corrected chi connectivity index (χ1v) is 14.0. The molecule has 6 rings (SSSR count). The Hall–Kier alpha value is -4.01. The van der Waals surface area contributed by atoms with E-state index in [9.17, 15) is 4.79 Å². The minimum absolute atomic E-state index is 0.0495. The van der Waals surface area contributed by atoms with Gasteiger partial charge in [0.05, 0.1) is 24.1 Å². The predicted molar refractivity (Wildman–Crippen MR) is 158 cm³/mol. The molecule has 0 amide bonds. The Morgan fingerprint density at radius 3 is 2.12 bits per heavy atom. The Kier molecular flexibility index (Phi) is 7.36. The molecule has 0 aliphatic carbocycles. The summed E-state index contributed by atoms with van der Waals surface area (Å²) in [5.74, 6) is 2.07. The molecule has 1 aliphatic rings. The molecule has 0 unspecified atom stereocenters. The van der Waals surface area contributed by atoms with E-state index in [0.29, 0.717) is 23.5 Å².